The maximum Gasteiger partial charge on any atom is 0.273 e. The zero-order chi connectivity index (χ0) is 21.9. The molecular weight excluding hydrogens is 442 g/mol. The van der Waals surface area contributed by atoms with E-state index in [4.69, 9.17) is 0 Å². The van der Waals surface area contributed by atoms with E-state index in [2.05, 4.69) is 27.0 Å². The molecule has 0 atom stereocenters. The number of aryl methyl sites for hydroxylation is 2. The Morgan fingerprint density at radius 1 is 1.00 bits per heavy atom. The summed E-state index contributed by atoms with van der Waals surface area (Å²) >= 11 is 3.02. The summed E-state index contributed by atoms with van der Waals surface area (Å²) in [5, 5.41) is 4.74. The molecule has 1 aromatic carbocycles. The maximum absolute atomic E-state index is 12.9. The van der Waals surface area contributed by atoms with E-state index in [1.165, 1.54) is 16.9 Å². The Morgan fingerprint density at radius 2 is 1.81 bits per heavy atom. The predicted octanol–water partition coefficient (Wildman–Crippen LogP) is 2.96. The van der Waals surface area contributed by atoms with Gasteiger partial charge in [-0.2, -0.15) is 0 Å². The molecule has 0 spiro atoms. The first-order valence-electron chi connectivity index (χ1n) is 10.6. The van der Waals surface area contributed by atoms with E-state index in [0.29, 0.717) is 30.3 Å². The van der Waals surface area contributed by atoms with Crippen LogP contribution in [0.2, 0.25) is 0 Å². The molecule has 164 valence electrons. The van der Waals surface area contributed by atoms with Gasteiger partial charge in [-0.3, -0.25) is 18.9 Å². The van der Waals surface area contributed by atoms with Crippen molar-refractivity contribution in [2.75, 3.05) is 26.2 Å². The number of fused-ring (bicyclic) bond motifs is 1. The molecule has 0 aliphatic carbocycles. The molecule has 4 aromatic rings. The Kier molecular flexibility index (Phi) is 6.11. The quantitative estimate of drug-likeness (QED) is 0.438. The minimum atomic E-state index is -0.0494. The van der Waals surface area contributed by atoms with E-state index in [1.807, 2.05) is 33.9 Å². The third-order valence-electron chi connectivity index (χ3n) is 5.64. The molecule has 1 saturated heterocycles. The Hall–Kier alpha value is -2.88. The van der Waals surface area contributed by atoms with Crippen molar-refractivity contribution >= 4 is 33.5 Å². The van der Waals surface area contributed by atoms with Gasteiger partial charge in [0, 0.05) is 62.2 Å². The highest BCUT2D eigenvalue weighted by Crippen LogP contribution is 2.16. The lowest BCUT2D eigenvalue weighted by molar-refractivity contribution is 0.0622. The van der Waals surface area contributed by atoms with Crippen LogP contribution in [0.1, 0.15) is 26.8 Å². The van der Waals surface area contributed by atoms with E-state index in [-0.39, 0.29) is 11.5 Å². The molecule has 3 aromatic heterocycles. The largest absolute Gasteiger partial charge is 0.335 e. The van der Waals surface area contributed by atoms with Crippen LogP contribution in [0.3, 0.4) is 0 Å². The first-order chi connectivity index (χ1) is 15.7. The van der Waals surface area contributed by atoms with Gasteiger partial charge in [0.2, 0.25) is 0 Å². The molecule has 1 amide bonds. The van der Waals surface area contributed by atoms with Gasteiger partial charge in [-0.25, -0.2) is 9.97 Å². The Labute approximate surface area is 193 Å². The van der Waals surface area contributed by atoms with Gasteiger partial charge in [0.25, 0.3) is 11.5 Å². The predicted molar refractivity (Wildman–Crippen MR) is 126 cm³/mol. The van der Waals surface area contributed by atoms with E-state index < -0.39 is 0 Å². The zero-order valence-electron chi connectivity index (χ0n) is 17.5. The van der Waals surface area contributed by atoms with E-state index in [9.17, 15) is 9.59 Å². The van der Waals surface area contributed by atoms with Crippen LogP contribution in [-0.2, 0) is 19.4 Å². The molecule has 0 bridgehead atoms. The maximum atomic E-state index is 12.9. The summed E-state index contributed by atoms with van der Waals surface area (Å²) < 4.78 is 1.56. The number of rotatable bonds is 6. The average Bonchev–Trinajstić information content (AvgIpc) is 3.48. The molecule has 7 nitrogen and oxygen atoms in total. The molecular formula is C23H23N5O2S2. The number of thiazole rings is 2. The van der Waals surface area contributed by atoms with Gasteiger partial charge in [0.1, 0.15) is 5.69 Å². The van der Waals surface area contributed by atoms with Crippen molar-refractivity contribution in [3.63, 3.8) is 0 Å². The molecule has 0 unspecified atom stereocenters. The topological polar surface area (TPSA) is 70.8 Å². The number of carbonyl (C=O) groups excluding carboxylic acids is 1. The third kappa shape index (κ3) is 4.64. The van der Waals surface area contributed by atoms with Crippen LogP contribution >= 0.6 is 22.7 Å². The molecule has 1 fully saturated rings. The minimum absolute atomic E-state index is 0.00300. The van der Waals surface area contributed by atoms with Crippen molar-refractivity contribution < 1.29 is 4.79 Å². The molecule has 0 radical (unpaired) electrons. The first-order valence-corrected chi connectivity index (χ1v) is 12.4. The Balaban J connectivity index is 1.15. The lowest BCUT2D eigenvalue weighted by Crippen LogP contribution is -2.48. The SMILES string of the molecule is O=C(c1csc(CCc2ccccc2)n1)N1CCN(Cc2cc(=O)n3ccsc3n2)CC1. The van der Waals surface area contributed by atoms with Gasteiger partial charge in [-0.15, -0.1) is 22.7 Å². The highest BCUT2D eigenvalue weighted by atomic mass is 32.1. The van der Waals surface area contributed by atoms with Gasteiger partial charge in [0.05, 0.1) is 10.7 Å². The highest BCUT2D eigenvalue weighted by Gasteiger charge is 2.24. The van der Waals surface area contributed by atoms with Crippen molar-refractivity contribution in [1.82, 2.24) is 24.2 Å². The number of hydrogen-bond acceptors (Lipinski definition) is 7. The Morgan fingerprint density at radius 3 is 2.62 bits per heavy atom. The van der Waals surface area contributed by atoms with Crippen molar-refractivity contribution in [2.24, 2.45) is 0 Å². The molecule has 4 heterocycles. The minimum Gasteiger partial charge on any atom is -0.335 e. The summed E-state index contributed by atoms with van der Waals surface area (Å²) in [6, 6.07) is 11.9. The lowest BCUT2D eigenvalue weighted by atomic mass is 10.1. The number of piperazine rings is 1. The summed E-state index contributed by atoms with van der Waals surface area (Å²) in [7, 11) is 0. The summed E-state index contributed by atoms with van der Waals surface area (Å²) in [6.07, 6.45) is 3.52. The van der Waals surface area contributed by atoms with Gasteiger partial charge in [0.15, 0.2) is 4.96 Å². The second-order valence-electron chi connectivity index (χ2n) is 7.82. The Bertz CT molecular complexity index is 1270. The fourth-order valence-electron chi connectivity index (χ4n) is 3.89. The fourth-order valence-corrected chi connectivity index (χ4v) is 5.40. The van der Waals surface area contributed by atoms with Crippen molar-refractivity contribution in [3.8, 4) is 0 Å². The van der Waals surface area contributed by atoms with Crippen LogP contribution in [0.4, 0.5) is 0 Å². The summed E-state index contributed by atoms with van der Waals surface area (Å²) in [5.74, 6) is 0.00300. The smallest absolute Gasteiger partial charge is 0.273 e. The summed E-state index contributed by atoms with van der Waals surface area (Å²) in [6.45, 7) is 3.42. The molecule has 0 N–H and O–H groups in total. The molecule has 9 heteroatoms. The molecule has 32 heavy (non-hydrogen) atoms. The normalized spacial score (nSPS) is 14.8. The molecule has 5 rings (SSSR count). The monoisotopic (exact) mass is 465 g/mol. The number of aromatic nitrogens is 3. The van der Waals surface area contributed by atoms with Crippen LogP contribution in [0.15, 0.2) is 58.1 Å². The fraction of sp³-hybridized carbons (Fsp3) is 0.304. The number of nitrogens with zero attached hydrogens (tertiary/aromatic N) is 5. The molecule has 0 saturated carbocycles. The second kappa shape index (κ2) is 9.32. The van der Waals surface area contributed by atoms with E-state index in [0.717, 1.165) is 36.6 Å². The highest BCUT2D eigenvalue weighted by molar-refractivity contribution is 7.15. The summed E-state index contributed by atoms with van der Waals surface area (Å²) in [4.78, 5) is 39.1. The number of carbonyl (C=O) groups is 1. The van der Waals surface area contributed by atoms with Crippen molar-refractivity contribution in [1.29, 1.82) is 0 Å². The van der Waals surface area contributed by atoms with Crippen LogP contribution in [-0.4, -0.2) is 56.3 Å². The van der Waals surface area contributed by atoms with Crippen molar-refractivity contribution in [2.45, 2.75) is 19.4 Å². The molecule has 1 aliphatic rings. The second-order valence-corrected chi connectivity index (χ2v) is 9.64. The zero-order valence-corrected chi connectivity index (χ0v) is 19.1. The standard InChI is InChI=1S/C23H23N5O2S2/c29-21-14-18(24-23-28(21)12-13-31-23)15-26-8-10-27(11-9-26)22(30)19-16-32-20(25-19)7-6-17-4-2-1-3-5-17/h1-5,12-14,16H,6-11,15H2. The average molecular weight is 466 g/mol. The number of benzene rings is 1. The van der Waals surface area contributed by atoms with Gasteiger partial charge in [-0.1, -0.05) is 30.3 Å². The third-order valence-corrected chi connectivity index (χ3v) is 7.31. The summed E-state index contributed by atoms with van der Waals surface area (Å²) in [5.41, 5.74) is 2.55. The lowest BCUT2D eigenvalue weighted by Gasteiger charge is -2.34. The number of amides is 1. The molecule has 1 aliphatic heterocycles. The van der Waals surface area contributed by atoms with Crippen LogP contribution in [0.5, 0.6) is 0 Å². The van der Waals surface area contributed by atoms with Crippen molar-refractivity contribution in [3.05, 3.63) is 85.7 Å². The van der Waals surface area contributed by atoms with Crippen LogP contribution in [0.25, 0.3) is 4.96 Å². The van der Waals surface area contributed by atoms with Gasteiger partial charge in [-0.05, 0) is 12.0 Å². The van der Waals surface area contributed by atoms with Crippen LogP contribution in [0, 0.1) is 0 Å². The number of hydrogen-bond donors (Lipinski definition) is 0. The first kappa shape index (κ1) is 21.0. The van der Waals surface area contributed by atoms with E-state index >= 15 is 0 Å². The van der Waals surface area contributed by atoms with E-state index in [1.54, 1.807) is 28.0 Å². The van der Waals surface area contributed by atoms with Gasteiger partial charge < -0.3 is 4.90 Å². The van der Waals surface area contributed by atoms with Gasteiger partial charge >= 0.3 is 0 Å². The van der Waals surface area contributed by atoms with Crippen LogP contribution < -0.4 is 5.56 Å².